The third kappa shape index (κ3) is 4.66. The highest BCUT2D eigenvalue weighted by Crippen LogP contribution is 2.47. The molecule has 3 aromatic heterocycles. The Labute approximate surface area is 329 Å². The summed E-state index contributed by atoms with van der Waals surface area (Å²) in [6, 6.07) is 77.4. The molecule has 12 rings (SSSR count). The van der Waals surface area contributed by atoms with Gasteiger partial charge in [0.15, 0.2) is 0 Å². The fourth-order valence-corrected chi connectivity index (χ4v) is 9.46. The molecule has 3 heterocycles. The van der Waals surface area contributed by atoms with E-state index in [1.165, 1.54) is 87.7 Å². The maximum absolute atomic E-state index is 2.54. The zero-order valence-corrected chi connectivity index (χ0v) is 31.0. The number of hydrogen-bond donors (Lipinski definition) is 0. The van der Waals surface area contributed by atoms with Crippen molar-refractivity contribution in [3.63, 3.8) is 0 Å². The second kappa shape index (κ2) is 12.5. The molecule has 9 aromatic carbocycles. The molecule has 0 aliphatic heterocycles. The fraction of sp³-hybridized carbons (Fsp3) is 0. The summed E-state index contributed by atoms with van der Waals surface area (Å²) in [5, 5.41) is 7.52. The molecule has 57 heavy (non-hydrogen) atoms. The molecule has 0 saturated heterocycles. The van der Waals surface area contributed by atoms with Gasteiger partial charge in [-0.15, -0.1) is 0 Å². The van der Waals surface area contributed by atoms with Gasteiger partial charge in [0, 0.05) is 54.8 Å². The van der Waals surface area contributed by atoms with Gasteiger partial charge in [-0.05, 0) is 71.8 Å². The molecule has 12 aromatic rings. The summed E-state index contributed by atoms with van der Waals surface area (Å²) < 4.78 is 7.38. The van der Waals surface area contributed by atoms with Crippen molar-refractivity contribution in [1.82, 2.24) is 13.7 Å². The standard InChI is InChI=1S/C54H35N3/c1-4-18-36(19-5-1)45-35-51-52(43-26-12-16-30-48(43)56(51)39-22-8-3-9-23-39)53-44-27-13-17-31-49(44)57(54(45)53)46-28-14-10-24-40(46)37-32-33-42-41-25-11-15-29-47(41)55(50(42)34-37)38-20-6-2-7-21-38/h1-35H. The normalized spacial score (nSPS) is 11.9. The van der Waals surface area contributed by atoms with Gasteiger partial charge in [-0.2, -0.15) is 0 Å². The van der Waals surface area contributed by atoms with Gasteiger partial charge in [0.25, 0.3) is 0 Å². The maximum atomic E-state index is 2.54. The number of rotatable bonds is 5. The second-order valence-corrected chi connectivity index (χ2v) is 14.9. The molecule has 3 heteroatoms. The smallest absolute Gasteiger partial charge is 0.0627 e. The molecule has 0 radical (unpaired) electrons. The van der Waals surface area contributed by atoms with E-state index in [1.807, 2.05) is 0 Å². The minimum atomic E-state index is 1.15. The molecule has 0 atom stereocenters. The number of aromatic nitrogens is 3. The van der Waals surface area contributed by atoms with Crippen LogP contribution in [-0.2, 0) is 0 Å². The first kappa shape index (κ1) is 31.7. The van der Waals surface area contributed by atoms with E-state index < -0.39 is 0 Å². The zero-order chi connectivity index (χ0) is 37.5. The highest BCUT2D eigenvalue weighted by Gasteiger charge is 2.25. The van der Waals surface area contributed by atoms with E-state index >= 15 is 0 Å². The Morgan fingerprint density at radius 1 is 0.263 bits per heavy atom. The van der Waals surface area contributed by atoms with Gasteiger partial charge in [0.2, 0.25) is 0 Å². The van der Waals surface area contributed by atoms with E-state index in [0.29, 0.717) is 0 Å². The van der Waals surface area contributed by atoms with Gasteiger partial charge in [0.05, 0.1) is 38.8 Å². The summed E-state index contributed by atoms with van der Waals surface area (Å²) in [5.41, 5.74) is 15.4. The molecular weight excluding hydrogens is 691 g/mol. The highest BCUT2D eigenvalue weighted by molar-refractivity contribution is 6.31. The molecule has 0 aliphatic rings. The third-order valence-electron chi connectivity index (χ3n) is 11.8. The molecule has 0 bridgehead atoms. The van der Waals surface area contributed by atoms with Crippen LogP contribution < -0.4 is 0 Å². The molecule has 0 saturated carbocycles. The Kier molecular flexibility index (Phi) is 6.93. The van der Waals surface area contributed by atoms with Crippen LogP contribution in [0.4, 0.5) is 0 Å². The van der Waals surface area contributed by atoms with Crippen molar-refractivity contribution in [3.8, 4) is 39.3 Å². The van der Waals surface area contributed by atoms with E-state index in [9.17, 15) is 0 Å². The summed E-state index contributed by atoms with van der Waals surface area (Å²) >= 11 is 0. The molecule has 0 spiro atoms. The first-order chi connectivity index (χ1) is 28.3. The largest absolute Gasteiger partial charge is 0.309 e. The number of nitrogens with zero attached hydrogens (tertiary/aromatic N) is 3. The fourth-order valence-electron chi connectivity index (χ4n) is 9.46. The van der Waals surface area contributed by atoms with Gasteiger partial charge >= 0.3 is 0 Å². The van der Waals surface area contributed by atoms with E-state index in [2.05, 4.69) is 226 Å². The van der Waals surface area contributed by atoms with E-state index in [0.717, 1.165) is 17.1 Å². The number of hydrogen-bond acceptors (Lipinski definition) is 0. The summed E-state index contributed by atoms with van der Waals surface area (Å²) in [6.45, 7) is 0. The Hall–Kier alpha value is -7.62. The summed E-state index contributed by atoms with van der Waals surface area (Å²) in [7, 11) is 0. The maximum Gasteiger partial charge on any atom is 0.0627 e. The van der Waals surface area contributed by atoms with E-state index in [1.54, 1.807) is 0 Å². The summed E-state index contributed by atoms with van der Waals surface area (Å²) in [4.78, 5) is 0. The van der Waals surface area contributed by atoms with Crippen molar-refractivity contribution in [2.75, 3.05) is 0 Å². The number of para-hydroxylation sites is 6. The Morgan fingerprint density at radius 3 is 1.44 bits per heavy atom. The zero-order valence-electron chi connectivity index (χ0n) is 31.0. The van der Waals surface area contributed by atoms with Crippen LogP contribution in [0.25, 0.3) is 105 Å². The molecule has 0 unspecified atom stereocenters. The lowest BCUT2D eigenvalue weighted by atomic mass is 9.97. The monoisotopic (exact) mass is 725 g/mol. The lowest BCUT2D eigenvalue weighted by Crippen LogP contribution is -1.99. The topological polar surface area (TPSA) is 14.8 Å². The van der Waals surface area contributed by atoms with Crippen LogP contribution >= 0.6 is 0 Å². The Balaban J connectivity index is 1.22. The average Bonchev–Trinajstić information content (AvgIpc) is 3.92. The number of fused-ring (bicyclic) bond motifs is 10. The average molecular weight is 726 g/mol. The lowest BCUT2D eigenvalue weighted by molar-refractivity contribution is 1.17. The van der Waals surface area contributed by atoms with Crippen molar-refractivity contribution in [1.29, 1.82) is 0 Å². The third-order valence-corrected chi connectivity index (χ3v) is 11.8. The van der Waals surface area contributed by atoms with Gasteiger partial charge < -0.3 is 13.7 Å². The lowest BCUT2D eigenvalue weighted by Gasteiger charge is -2.17. The quantitative estimate of drug-likeness (QED) is 0.168. The Morgan fingerprint density at radius 2 is 0.754 bits per heavy atom. The van der Waals surface area contributed by atoms with Crippen LogP contribution in [0.5, 0.6) is 0 Å². The predicted octanol–water partition coefficient (Wildman–Crippen LogP) is 14.3. The molecule has 0 fully saturated rings. The van der Waals surface area contributed by atoms with Crippen LogP contribution in [0.1, 0.15) is 0 Å². The number of benzene rings is 9. The van der Waals surface area contributed by atoms with Crippen molar-refractivity contribution in [2.45, 2.75) is 0 Å². The molecule has 0 aliphatic carbocycles. The van der Waals surface area contributed by atoms with E-state index in [4.69, 9.17) is 0 Å². The molecular formula is C54H35N3. The first-order valence-electron chi connectivity index (χ1n) is 19.6. The minimum absolute atomic E-state index is 1.15. The van der Waals surface area contributed by atoms with Crippen molar-refractivity contribution in [2.24, 2.45) is 0 Å². The predicted molar refractivity (Wildman–Crippen MR) is 240 cm³/mol. The Bertz CT molecular complexity index is 3500. The molecule has 0 N–H and O–H groups in total. The van der Waals surface area contributed by atoms with Crippen molar-refractivity contribution in [3.05, 3.63) is 212 Å². The summed E-state index contributed by atoms with van der Waals surface area (Å²) in [6.07, 6.45) is 0. The molecule has 0 amide bonds. The highest BCUT2D eigenvalue weighted by atomic mass is 15.0. The van der Waals surface area contributed by atoms with Crippen molar-refractivity contribution >= 4 is 65.4 Å². The van der Waals surface area contributed by atoms with Crippen LogP contribution in [-0.4, -0.2) is 13.7 Å². The molecule has 3 nitrogen and oxygen atoms in total. The van der Waals surface area contributed by atoms with Gasteiger partial charge in [-0.25, -0.2) is 0 Å². The first-order valence-corrected chi connectivity index (χ1v) is 19.6. The van der Waals surface area contributed by atoms with Crippen LogP contribution in [0.3, 0.4) is 0 Å². The minimum Gasteiger partial charge on any atom is -0.309 e. The van der Waals surface area contributed by atoms with Crippen LogP contribution in [0, 0.1) is 0 Å². The van der Waals surface area contributed by atoms with Gasteiger partial charge in [0.1, 0.15) is 0 Å². The van der Waals surface area contributed by atoms with E-state index in [-0.39, 0.29) is 0 Å². The second-order valence-electron chi connectivity index (χ2n) is 14.9. The van der Waals surface area contributed by atoms with Crippen LogP contribution in [0.2, 0.25) is 0 Å². The van der Waals surface area contributed by atoms with Crippen molar-refractivity contribution < 1.29 is 0 Å². The van der Waals surface area contributed by atoms with Crippen LogP contribution in [0.15, 0.2) is 212 Å². The summed E-state index contributed by atoms with van der Waals surface area (Å²) in [5.74, 6) is 0. The van der Waals surface area contributed by atoms with Gasteiger partial charge in [-0.3, -0.25) is 0 Å². The SMILES string of the molecule is c1ccc(-c2cc3c(c4ccccc4n3-c3ccccc3)c3c4ccccc4n(-c4ccccc4-c4ccc5c6ccccc6n(-c6ccccc6)c5c4)c23)cc1. The molecule has 266 valence electrons. The van der Waals surface area contributed by atoms with Gasteiger partial charge in [-0.1, -0.05) is 152 Å².